The molecule has 0 unspecified atom stereocenters. The fourth-order valence-electron chi connectivity index (χ4n) is 3.10. The number of benzene rings is 2. The van der Waals surface area contributed by atoms with Crippen LogP contribution in [0.15, 0.2) is 60.9 Å². The van der Waals surface area contributed by atoms with Crippen LogP contribution in [0.3, 0.4) is 0 Å². The third-order valence-corrected chi connectivity index (χ3v) is 4.41. The van der Waals surface area contributed by atoms with Crippen molar-refractivity contribution in [3.8, 4) is 0 Å². The molecule has 128 valence electrons. The maximum absolute atomic E-state index is 12.8. The van der Waals surface area contributed by atoms with Crippen LogP contribution in [0.4, 0.5) is 0 Å². The van der Waals surface area contributed by atoms with Crippen LogP contribution in [0.25, 0.3) is 0 Å². The molecule has 2 amide bonds. The molecule has 0 atom stereocenters. The molecule has 1 fully saturated rings. The number of carbonyl (C=O) groups excluding carboxylic acids is 2. The minimum absolute atomic E-state index is 0.115. The van der Waals surface area contributed by atoms with E-state index in [-0.39, 0.29) is 11.8 Å². The average Bonchev–Trinajstić information content (AvgIpc) is 2.61. The Morgan fingerprint density at radius 3 is 1.68 bits per heavy atom. The molecule has 0 radical (unpaired) electrons. The lowest BCUT2D eigenvalue weighted by atomic mass is 10.1. The van der Waals surface area contributed by atoms with E-state index in [1.54, 1.807) is 21.9 Å². The number of amides is 2. The van der Waals surface area contributed by atoms with Crippen molar-refractivity contribution in [2.45, 2.75) is 20.3 Å². The molecule has 1 aliphatic heterocycles. The van der Waals surface area contributed by atoms with Gasteiger partial charge in [-0.1, -0.05) is 42.0 Å². The van der Waals surface area contributed by atoms with Gasteiger partial charge in [0, 0.05) is 24.2 Å². The Hall–Kier alpha value is -2.88. The fourth-order valence-corrected chi connectivity index (χ4v) is 3.10. The zero-order valence-electron chi connectivity index (χ0n) is 14.7. The first-order chi connectivity index (χ1) is 12.0. The number of hydrogen-bond acceptors (Lipinski definition) is 2. The average molecular weight is 334 g/mol. The quantitative estimate of drug-likeness (QED) is 0.839. The predicted octanol–water partition coefficient (Wildman–Crippen LogP) is 3.76. The highest BCUT2D eigenvalue weighted by Gasteiger charge is 2.30. The van der Waals surface area contributed by atoms with Crippen LogP contribution in [0, 0.1) is 13.8 Å². The SMILES string of the molecule is C=C1N(C(=O)c2cccc(C)c2)CCCN1C(=O)c1cccc(C)c1. The summed E-state index contributed by atoms with van der Waals surface area (Å²) in [6.45, 7) is 9.08. The second-order valence-corrected chi connectivity index (χ2v) is 6.42. The maximum atomic E-state index is 12.8. The highest BCUT2D eigenvalue weighted by Crippen LogP contribution is 2.22. The van der Waals surface area contributed by atoms with Gasteiger partial charge in [-0.15, -0.1) is 0 Å². The zero-order valence-corrected chi connectivity index (χ0v) is 14.7. The van der Waals surface area contributed by atoms with Crippen LogP contribution in [-0.4, -0.2) is 34.7 Å². The number of rotatable bonds is 2. The van der Waals surface area contributed by atoms with E-state index < -0.39 is 0 Å². The third-order valence-electron chi connectivity index (χ3n) is 4.41. The summed E-state index contributed by atoms with van der Waals surface area (Å²) in [5, 5.41) is 0. The number of aryl methyl sites for hydroxylation is 2. The predicted molar refractivity (Wildman–Crippen MR) is 98.2 cm³/mol. The molecular weight excluding hydrogens is 312 g/mol. The lowest BCUT2D eigenvalue weighted by molar-refractivity contribution is 0.0596. The summed E-state index contributed by atoms with van der Waals surface area (Å²) in [7, 11) is 0. The van der Waals surface area contributed by atoms with Gasteiger partial charge >= 0.3 is 0 Å². The Labute approximate surface area is 148 Å². The Morgan fingerprint density at radius 1 is 0.840 bits per heavy atom. The van der Waals surface area contributed by atoms with Gasteiger partial charge in [0.2, 0.25) is 0 Å². The van der Waals surface area contributed by atoms with Gasteiger partial charge in [0.15, 0.2) is 0 Å². The number of hydrogen-bond donors (Lipinski definition) is 0. The molecule has 1 saturated heterocycles. The van der Waals surface area contributed by atoms with E-state index in [1.807, 2.05) is 50.2 Å². The minimum Gasteiger partial charge on any atom is -0.294 e. The highest BCUT2D eigenvalue weighted by molar-refractivity contribution is 5.98. The molecule has 0 spiro atoms. The van der Waals surface area contributed by atoms with Gasteiger partial charge in [-0.3, -0.25) is 19.4 Å². The van der Waals surface area contributed by atoms with E-state index in [4.69, 9.17) is 0 Å². The van der Waals surface area contributed by atoms with Crippen LogP contribution in [0.1, 0.15) is 38.3 Å². The minimum atomic E-state index is -0.115. The molecule has 0 aliphatic carbocycles. The summed E-state index contributed by atoms with van der Waals surface area (Å²) in [6, 6.07) is 14.9. The molecule has 0 bridgehead atoms. The van der Waals surface area contributed by atoms with Crippen molar-refractivity contribution in [2.24, 2.45) is 0 Å². The largest absolute Gasteiger partial charge is 0.294 e. The van der Waals surface area contributed by atoms with E-state index in [1.165, 1.54) is 0 Å². The van der Waals surface area contributed by atoms with Gasteiger partial charge in [0.1, 0.15) is 5.82 Å². The zero-order chi connectivity index (χ0) is 18.0. The Balaban J connectivity index is 1.83. The van der Waals surface area contributed by atoms with Gasteiger partial charge in [-0.2, -0.15) is 0 Å². The summed E-state index contributed by atoms with van der Waals surface area (Å²) < 4.78 is 0. The van der Waals surface area contributed by atoms with E-state index >= 15 is 0 Å². The first-order valence-corrected chi connectivity index (χ1v) is 8.43. The second kappa shape index (κ2) is 6.93. The van der Waals surface area contributed by atoms with Crippen LogP contribution >= 0.6 is 0 Å². The van der Waals surface area contributed by atoms with E-state index in [2.05, 4.69) is 6.58 Å². The van der Waals surface area contributed by atoms with Gasteiger partial charge in [-0.25, -0.2) is 0 Å². The van der Waals surface area contributed by atoms with Crippen molar-refractivity contribution in [1.29, 1.82) is 0 Å². The molecule has 2 aromatic rings. The monoisotopic (exact) mass is 334 g/mol. The molecule has 2 aromatic carbocycles. The molecular formula is C21H22N2O2. The van der Waals surface area contributed by atoms with Gasteiger partial charge in [0.05, 0.1) is 0 Å². The van der Waals surface area contributed by atoms with Crippen LogP contribution in [0.2, 0.25) is 0 Å². The highest BCUT2D eigenvalue weighted by atomic mass is 16.2. The molecule has 0 saturated carbocycles. The van der Waals surface area contributed by atoms with Crippen LogP contribution in [-0.2, 0) is 0 Å². The van der Waals surface area contributed by atoms with Gasteiger partial charge < -0.3 is 0 Å². The summed E-state index contributed by atoms with van der Waals surface area (Å²) in [6.07, 6.45) is 0.730. The van der Waals surface area contributed by atoms with Crippen molar-refractivity contribution in [1.82, 2.24) is 9.80 Å². The molecule has 3 rings (SSSR count). The smallest absolute Gasteiger partial charge is 0.259 e. The van der Waals surface area contributed by atoms with E-state index in [0.29, 0.717) is 30.0 Å². The summed E-state index contributed by atoms with van der Waals surface area (Å²) in [5.74, 6) is 0.218. The Morgan fingerprint density at radius 2 is 1.28 bits per heavy atom. The van der Waals surface area contributed by atoms with Crippen molar-refractivity contribution in [2.75, 3.05) is 13.1 Å². The van der Waals surface area contributed by atoms with Crippen molar-refractivity contribution >= 4 is 11.8 Å². The molecule has 0 N–H and O–H groups in total. The summed E-state index contributed by atoms with van der Waals surface area (Å²) in [5.41, 5.74) is 3.29. The molecule has 25 heavy (non-hydrogen) atoms. The molecule has 0 aromatic heterocycles. The van der Waals surface area contributed by atoms with Crippen LogP contribution < -0.4 is 0 Å². The standard InChI is InChI=1S/C21H22N2O2/c1-15-7-4-9-18(13-15)20(24)22-11-6-12-23(17(22)3)21(25)19-10-5-8-16(2)14-19/h4-5,7-10,13-14H,3,6,11-12H2,1-2H3. The molecule has 4 heteroatoms. The summed E-state index contributed by atoms with van der Waals surface area (Å²) in [4.78, 5) is 28.9. The molecule has 4 nitrogen and oxygen atoms in total. The fraction of sp³-hybridized carbons (Fsp3) is 0.238. The summed E-state index contributed by atoms with van der Waals surface area (Å²) >= 11 is 0. The van der Waals surface area contributed by atoms with E-state index in [0.717, 1.165) is 17.5 Å². The lowest BCUT2D eigenvalue weighted by Gasteiger charge is -2.37. The number of nitrogens with zero attached hydrogens (tertiary/aromatic N) is 2. The topological polar surface area (TPSA) is 40.6 Å². The van der Waals surface area contributed by atoms with Gasteiger partial charge in [-0.05, 0) is 44.5 Å². The lowest BCUT2D eigenvalue weighted by Crippen LogP contribution is -2.47. The molecule has 1 heterocycles. The Bertz CT molecular complexity index is 774. The molecule has 1 aliphatic rings. The normalized spacial score (nSPS) is 14.6. The third kappa shape index (κ3) is 3.48. The van der Waals surface area contributed by atoms with Crippen LogP contribution in [0.5, 0.6) is 0 Å². The second-order valence-electron chi connectivity index (χ2n) is 6.42. The van der Waals surface area contributed by atoms with Gasteiger partial charge in [0.25, 0.3) is 11.8 Å². The van der Waals surface area contributed by atoms with E-state index in [9.17, 15) is 9.59 Å². The van der Waals surface area contributed by atoms with Crippen molar-refractivity contribution < 1.29 is 9.59 Å². The number of carbonyl (C=O) groups is 2. The van der Waals surface area contributed by atoms with Crippen molar-refractivity contribution in [3.63, 3.8) is 0 Å². The Kier molecular flexibility index (Phi) is 4.70. The maximum Gasteiger partial charge on any atom is 0.259 e. The van der Waals surface area contributed by atoms with Crippen molar-refractivity contribution in [3.05, 3.63) is 83.2 Å². The first-order valence-electron chi connectivity index (χ1n) is 8.43. The first kappa shape index (κ1) is 17.0.